The van der Waals surface area contributed by atoms with Crippen LogP contribution in [0, 0.1) is 0 Å². The van der Waals surface area contributed by atoms with Gasteiger partial charge in [0.25, 0.3) is 0 Å². The average molecular weight is 936 g/mol. The van der Waals surface area contributed by atoms with Gasteiger partial charge in [0.15, 0.2) is 6.10 Å². The number of carbonyl (C=O) groups excluding carboxylic acids is 3. The van der Waals surface area contributed by atoms with Crippen molar-refractivity contribution in [3.63, 3.8) is 0 Å². The monoisotopic (exact) mass is 935 g/mol. The minimum Gasteiger partial charge on any atom is -0.462 e. The molecule has 0 aliphatic rings. The number of carbonyl (C=O) groups is 3. The van der Waals surface area contributed by atoms with Crippen molar-refractivity contribution in [2.45, 2.75) is 284 Å². The largest absolute Gasteiger partial charge is 0.462 e. The molecule has 0 aromatic rings. The van der Waals surface area contributed by atoms with Crippen molar-refractivity contribution in [1.82, 2.24) is 0 Å². The van der Waals surface area contributed by atoms with Crippen LogP contribution < -0.4 is 0 Å². The summed E-state index contributed by atoms with van der Waals surface area (Å²) >= 11 is 0. The maximum Gasteiger partial charge on any atom is 0.306 e. The number of ether oxygens (including phenoxy) is 3. The summed E-state index contributed by atoms with van der Waals surface area (Å²) in [5, 5.41) is 0. The molecule has 0 aromatic heterocycles. The zero-order valence-electron chi connectivity index (χ0n) is 44.2. The second kappa shape index (κ2) is 55.4. The highest BCUT2D eigenvalue weighted by Gasteiger charge is 2.19. The van der Waals surface area contributed by atoms with E-state index in [9.17, 15) is 14.4 Å². The maximum atomic E-state index is 12.8. The van der Waals surface area contributed by atoms with Gasteiger partial charge in [0.1, 0.15) is 13.2 Å². The number of rotatable bonds is 51. The van der Waals surface area contributed by atoms with Gasteiger partial charge in [-0.3, -0.25) is 14.4 Å². The van der Waals surface area contributed by atoms with Crippen LogP contribution >= 0.6 is 0 Å². The fourth-order valence-corrected chi connectivity index (χ4v) is 7.89. The topological polar surface area (TPSA) is 78.9 Å². The van der Waals surface area contributed by atoms with Gasteiger partial charge in [-0.05, 0) is 109 Å². The predicted molar refractivity (Wildman–Crippen MR) is 288 cm³/mol. The molecule has 386 valence electrons. The lowest BCUT2D eigenvalue weighted by molar-refractivity contribution is -0.167. The normalized spacial score (nSPS) is 12.6. The third-order valence-corrected chi connectivity index (χ3v) is 12.2. The van der Waals surface area contributed by atoms with Gasteiger partial charge in [0, 0.05) is 19.3 Å². The van der Waals surface area contributed by atoms with Crippen LogP contribution in [0.2, 0.25) is 0 Å². The van der Waals surface area contributed by atoms with Crippen molar-refractivity contribution in [2.24, 2.45) is 0 Å². The Morgan fingerprint density at radius 3 is 0.955 bits per heavy atom. The Balaban J connectivity index is 4.40. The first-order valence-electron chi connectivity index (χ1n) is 28.4. The molecule has 67 heavy (non-hydrogen) atoms. The van der Waals surface area contributed by atoms with E-state index in [1.807, 2.05) is 0 Å². The quantitative estimate of drug-likeness (QED) is 0.0262. The average Bonchev–Trinajstić information content (AvgIpc) is 3.33. The molecule has 0 bridgehead atoms. The molecule has 0 radical (unpaired) electrons. The Hall–Kier alpha value is -3.15. The molecule has 6 heteroatoms. The fourth-order valence-electron chi connectivity index (χ4n) is 7.89. The van der Waals surface area contributed by atoms with Crippen LogP contribution in [0.15, 0.2) is 72.9 Å². The Kier molecular flexibility index (Phi) is 52.8. The van der Waals surface area contributed by atoms with Crippen molar-refractivity contribution in [3.05, 3.63) is 72.9 Å². The van der Waals surface area contributed by atoms with Crippen molar-refractivity contribution >= 4 is 17.9 Å². The number of hydrogen-bond acceptors (Lipinski definition) is 6. The molecule has 0 aromatic carbocycles. The van der Waals surface area contributed by atoms with Crippen LogP contribution in [-0.4, -0.2) is 37.2 Å². The Labute approximate surface area is 414 Å². The lowest BCUT2D eigenvalue weighted by Crippen LogP contribution is -2.30. The Bertz CT molecular complexity index is 1260. The first-order chi connectivity index (χ1) is 33.0. The minimum absolute atomic E-state index is 0.0876. The number of esters is 3. The molecule has 6 nitrogen and oxygen atoms in total. The van der Waals surface area contributed by atoms with Gasteiger partial charge >= 0.3 is 17.9 Å². The predicted octanol–water partition coefficient (Wildman–Crippen LogP) is 19.0. The van der Waals surface area contributed by atoms with E-state index in [1.165, 1.54) is 122 Å². The standard InChI is InChI=1S/C61H106O6/c1-4-7-10-13-16-19-22-25-28-29-30-31-34-36-39-42-45-48-51-54-60(63)66-57-58(67-61(64)55-52-49-46-43-40-37-33-27-24-21-18-15-12-9-6-3)56-65-59(62)53-50-47-44-41-38-35-32-26-23-20-17-14-11-8-5-2/h9,12,17-18,20-21,25-28,32-33,58H,4-8,10-11,13-16,19,22-24,29-31,34-57H2,1-3H3/b12-9-,20-17-,21-18-,28-25-,32-26-,33-27-/t58-/m1/s1. The van der Waals surface area contributed by atoms with Gasteiger partial charge in [-0.2, -0.15) is 0 Å². The lowest BCUT2D eigenvalue weighted by Gasteiger charge is -2.18. The molecule has 0 spiro atoms. The molecule has 0 amide bonds. The summed E-state index contributed by atoms with van der Waals surface area (Å²) in [7, 11) is 0. The van der Waals surface area contributed by atoms with Gasteiger partial charge in [-0.25, -0.2) is 0 Å². The summed E-state index contributed by atoms with van der Waals surface area (Å²) in [5.41, 5.74) is 0. The van der Waals surface area contributed by atoms with Gasteiger partial charge in [0.05, 0.1) is 0 Å². The minimum atomic E-state index is -0.791. The summed E-state index contributed by atoms with van der Waals surface area (Å²) in [5.74, 6) is -0.914. The van der Waals surface area contributed by atoms with Crippen molar-refractivity contribution in [2.75, 3.05) is 13.2 Å². The van der Waals surface area contributed by atoms with Gasteiger partial charge in [-0.1, -0.05) is 222 Å². The van der Waals surface area contributed by atoms with Crippen LogP contribution in [0.5, 0.6) is 0 Å². The molecule has 0 unspecified atom stereocenters. The van der Waals surface area contributed by atoms with Gasteiger partial charge < -0.3 is 14.2 Å². The maximum absolute atomic E-state index is 12.8. The summed E-state index contributed by atoms with van der Waals surface area (Å²) in [6.07, 6.45) is 70.3. The van der Waals surface area contributed by atoms with E-state index in [0.717, 1.165) is 116 Å². The summed E-state index contributed by atoms with van der Waals surface area (Å²) in [6, 6.07) is 0. The van der Waals surface area contributed by atoms with Crippen LogP contribution in [0.3, 0.4) is 0 Å². The summed E-state index contributed by atoms with van der Waals surface area (Å²) < 4.78 is 16.8. The highest BCUT2D eigenvalue weighted by atomic mass is 16.6. The van der Waals surface area contributed by atoms with E-state index >= 15 is 0 Å². The Morgan fingerprint density at radius 1 is 0.313 bits per heavy atom. The molecule has 0 saturated carbocycles. The third kappa shape index (κ3) is 53.7. The second-order valence-electron chi connectivity index (χ2n) is 18.8. The lowest BCUT2D eigenvalue weighted by atomic mass is 10.1. The van der Waals surface area contributed by atoms with E-state index in [4.69, 9.17) is 14.2 Å². The molecule has 0 aliphatic carbocycles. The van der Waals surface area contributed by atoms with Gasteiger partial charge in [0.2, 0.25) is 0 Å². The zero-order chi connectivity index (χ0) is 48.6. The molecule has 0 rings (SSSR count). The zero-order valence-corrected chi connectivity index (χ0v) is 44.2. The number of allylic oxidation sites excluding steroid dienone is 12. The molecule has 1 atom stereocenters. The van der Waals surface area contributed by atoms with Crippen LogP contribution in [-0.2, 0) is 28.6 Å². The van der Waals surface area contributed by atoms with E-state index in [2.05, 4.69) is 93.7 Å². The first-order valence-corrected chi connectivity index (χ1v) is 28.4. The van der Waals surface area contributed by atoms with Crippen LogP contribution in [0.25, 0.3) is 0 Å². The second-order valence-corrected chi connectivity index (χ2v) is 18.8. The van der Waals surface area contributed by atoms with E-state index in [-0.39, 0.29) is 31.1 Å². The van der Waals surface area contributed by atoms with Gasteiger partial charge in [-0.15, -0.1) is 0 Å². The van der Waals surface area contributed by atoms with E-state index in [0.29, 0.717) is 19.3 Å². The first kappa shape index (κ1) is 63.8. The fraction of sp³-hybridized carbons (Fsp3) is 0.754. The molecule has 0 aliphatic heterocycles. The molecule has 0 fully saturated rings. The SMILES string of the molecule is CC/C=C\C/C=C\C/C=C\CCCCCCCC(=O)O[C@H](COC(=O)CCCCCCC/C=C\C/C=C\CCCCC)COC(=O)CCCCCCCCCCC/C=C\CCCCCCCC. The number of hydrogen-bond donors (Lipinski definition) is 0. The smallest absolute Gasteiger partial charge is 0.306 e. The Morgan fingerprint density at radius 2 is 0.582 bits per heavy atom. The molecule has 0 heterocycles. The van der Waals surface area contributed by atoms with Crippen molar-refractivity contribution in [3.8, 4) is 0 Å². The van der Waals surface area contributed by atoms with Crippen molar-refractivity contribution < 1.29 is 28.6 Å². The number of unbranched alkanes of at least 4 members (excludes halogenated alkanes) is 28. The van der Waals surface area contributed by atoms with E-state index in [1.54, 1.807) is 0 Å². The third-order valence-electron chi connectivity index (χ3n) is 12.2. The van der Waals surface area contributed by atoms with Crippen LogP contribution in [0.1, 0.15) is 278 Å². The molecular formula is C61H106O6. The molecule has 0 saturated heterocycles. The highest BCUT2D eigenvalue weighted by molar-refractivity contribution is 5.71. The molecule has 0 N–H and O–H groups in total. The summed E-state index contributed by atoms with van der Waals surface area (Å²) in [4.78, 5) is 38.1. The van der Waals surface area contributed by atoms with E-state index < -0.39 is 6.10 Å². The molecular weight excluding hydrogens is 829 g/mol. The highest BCUT2D eigenvalue weighted by Crippen LogP contribution is 2.15. The summed E-state index contributed by atoms with van der Waals surface area (Å²) in [6.45, 7) is 6.49. The van der Waals surface area contributed by atoms with Crippen molar-refractivity contribution in [1.29, 1.82) is 0 Å². The van der Waals surface area contributed by atoms with Crippen LogP contribution in [0.4, 0.5) is 0 Å².